The Morgan fingerprint density at radius 1 is 1.47 bits per heavy atom. The van der Waals surface area contributed by atoms with Crippen LogP contribution in [0.5, 0.6) is 0 Å². The van der Waals surface area contributed by atoms with Gasteiger partial charge in [-0.3, -0.25) is 0 Å². The van der Waals surface area contributed by atoms with E-state index in [0.717, 1.165) is 24.4 Å². The molecular formula is C14H22N2O2S. The zero-order valence-electron chi connectivity index (χ0n) is 11.8. The number of benzene rings is 1. The highest BCUT2D eigenvalue weighted by molar-refractivity contribution is 7.98. The number of carbonyl (C=O) groups is 1. The largest absolute Gasteiger partial charge is 0.462 e. The first-order valence-corrected chi connectivity index (χ1v) is 7.76. The average Bonchev–Trinajstić information content (AvgIpc) is 2.39. The van der Waals surface area contributed by atoms with E-state index in [2.05, 4.69) is 11.2 Å². The van der Waals surface area contributed by atoms with Crippen molar-refractivity contribution in [3.05, 3.63) is 23.8 Å². The van der Waals surface area contributed by atoms with Gasteiger partial charge in [0.15, 0.2) is 0 Å². The maximum atomic E-state index is 11.9. The molecule has 106 valence electrons. The van der Waals surface area contributed by atoms with Gasteiger partial charge >= 0.3 is 5.97 Å². The molecule has 1 rings (SSSR count). The third-order valence-corrected chi connectivity index (χ3v) is 3.47. The molecule has 0 aliphatic carbocycles. The summed E-state index contributed by atoms with van der Waals surface area (Å²) in [6.45, 7) is 3.06. The molecule has 0 heterocycles. The van der Waals surface area contributed by atoms with Gasteiger partial charge in [-0.05, 0) is 43.6 Å². The van der Waals surface area contributed by atoms with Crippen molar-refractivity contribution in [2.24, 2.45) is 0 Å². The molecule has 0 saturated carbocycles. The lowest BCUT2D eigenvalue weighted by molar-refractivity contribution is 0.0527. The first kappa shape index (κ1) is 15.7. The van der Waals surface area contributed by atoms with Gasteiger partial charge in [0, 0.05) is 19.3 Å². The Hall–Kier alpha value is -1.36. The highest BCUT2D eigenvalue weighted by Gasteiger charge is 2.15. The molecule has 5 heteroatoms. The summed E-state index contributed by atoms with van der Waals surface area (Å²) in [7, 11) is 1.98. The third-order valence-electron chi connectivity index (χ3n) is 2.77. The minimum Gasteiger partial charge on any atom is -0.462 e. The lowest BCUT2D eigenvalue weighted by atomic mass is 10.1. The summed E-state index contributed by atoms with van der Waals surface area (Å²) in [5, 5.41) is 0. The van der Waals surface area contributed by atoms with E-state index in [4.69, 9.17) is 10.5 Å². The van der Waals surface area contributed by atoms with Crippen LogP contribution in [0.4, 0.5) is 11.4 Å². The number of anilines is 2. The molecule has 4 nitrogen and oxygen atoms in total. The van der Waals surface area contributed by atoms with Gasteiger partial charge in [-0.25, -0.2) is 4.79 Å². The van der Waals surface area contributed by atoms with E-state index < -0.39 is 0 Å². The Labute approximate surface area is 119 Å². The second kappa shape index (κ2) is 7.94. The Morgan fingerprint density at radius 2 is 2.21 bits per heavy atom. The van der Waals surface area contributed by atoms with Crippen LogP contribution in [-0.4, -0.2) is 38.2 Å². The van der Waals surface area contributed by atoms with Crippen molar-refractivity contribution in [2.75, 3.05) is 42.8 Å². The Bertz CT molecular complexity index is 424. The molecule has 1 aromatic rings. The topological polar surface area (TPSA) is 55.6 Å². The molecule has 0 aliphatic heterocycles. The summed E-state index contributed by atoms with van der Waals surface area (Å²) in [5.41, 5.74) is 7.73. The normalized spacial score (nSPS) is 10.3. The van der Waals surface area contributed by atoms with E-state index in [0.29, 0.717) is 17.9 Å². The van der Waals surface area contributed by atoms with E-state index >= 15 is 0 Å². The maximum absolute atomic E-state index is 11.9. The monoisotopic (exact) mass is 282 g/mol. The van der Waals surface area contributed by atoms with E-state index in [1.807, 2.05) is 30.9 Å². The van der Waals surface area contributed by atoms with Gasteiger partial charge in [0.2, 0.25) is 0 Å². The molecule has 0 aliphatic rings. The van der Waals surface area contributed by atoms with Gasteiger partial charge in [0.25, 0.3) is 0 Å². The molecule has 0 saturated heterocycles. The van der Waals surface area contributed by atoms with E-state index in [-0.39, 0.29) is 5.97 Å². The van der Waals surface area contributed by atoms with Gasteiger partial charge in [0.05, 0.1) is 17.9 Å². The number of nitrogens with zero attached hydrogens (tertiary/aromatic N) is 1. The number of thioether (sulfide) groups is 1. The molecule has 0 aromatic heterocycles. The highest BCUT2D eigenvalue weighted by Crippen LogP contribution is 2.23. The smallest absolute Gasteiger partial charge is 0.340 e. The Morgan fingerprint density at radius 3 is 2.84 bits per heavy atom. The number of hydrogen-bond acceptors (Lipinski definition) is 5. The zero-order chi connectivity index (χ0) is 14.3. The number of carbonyl (C=O) groups excluding carboxylic acids is 1. The molecule has 19 heavy (non-hydrogen) atoms. The lowest BCUT2D eigenvalue weighted by Crippen LogP contribution is -2.22. The van der Waals surface area contributed by atoms with Crippen LogP contribution in [0, 0.1) is 0 Å². The van der Waals surface area contributed by atoms with Crippen molar-refractivity contribution < 1.29 is 9.53 Å². The van der Waals surface area contributed by atoms with E-state index in [1.54, 1.807) is 13.0 Å². The van der Waals surface area contributed by atoms with Crippen LogP contribution in [0.2, 0.25) is 0 Å². The average molecular weight is 282 g/mol. The highest BCUT2D eigenvalue weighted by atomic mass is 32.2. The van der Waals surface area contributed by atoms with Crippen LogP contribution in [0.3, 0.4) is 0 Å². The molecule has 1 aromatic carbocycles. The van der Waals surface area contributed by atoms with E-state index in [1.165, 1.54) is 0 Å². The summed E-state index contributed by atoms with van der Waals surface area (Å²) in [5.74, 6) is 0.787. The number of nitrogen functional groups attached to an aromatic ring is 1. The molecule has 0 unspecified atom stereocenters. The van der Waals surface area contributed by atoms with Crippen molar-refractivity contribution in [2.45, 2.75) is 13.3 Å². The number of nitrogens with two attached hydrogens (primary N) is 1. The Balaban J connectivity index is 2.89. The predicted octanol–water partition coefficient (Wildman–Crippen LogP) is 2.63. The number of esters is 1. The number of ether oxygens (including phenoxy) is 1. The SMILES string of the molecule is CCOC(=O)c1cc(N)ccc1N(C)CCCSC. The second-order valence-corrected chi connectivity index (χ2v) is 5.25. The van der Waals surface area contributed by atoms with Crippen LogP contribution in [0.15, 0.2) is 18.2 Å². The third kappa shape index (κ3) is 4.67. The molecule has 0 radical (unpaired) electrons. The molecular weight excluding hydrogens is 260 g/mol. The van der Waals surface area contributed by atoms with E-state index in [9.17, 15) is 4.79 Å². The van der Waals surface area contributed by atoms with Gasteiger partial charge in [-0.1, -0.05) is 0 Å². The standard InChI is InChI=1S/C14H22N2O2S/c1-4-18-14(17)12-10-11(15)6-7-13(12)16(2)8-5-9-19-3/h6-7,10H,4-5,8-9,15H2,1-3H3. The Kier molecular flexibility index (Phi) is 6.56. The zero-order valence-corrected chi connectivity index (χ0v) is 12.6. The second-order valence-electron chi connectivity index (χ2n) is 4.26. The molecule has 0 spiro atoms. The maximum Gasteiger partial charge on any atom is 0.340 e. The molecule has 0 fully saturated rings. The van der Waals surface area contributed by atoms with Crippen LogP contribution in [0.1, 0.15) is 23.7 Å². The first-order chi connectivity index (χ1) is 9.10. The van der Waals surface area contributed by atoms with Crippen molar-refractivity contribution in [1.82, 2.24) is 0 Å². The van der Waals surface area contributed by atoms with Gasteiger partial charge < -0.3 is 15.4 Å². The molecule has 0 amide bonds. The summed E-state index contributed by atoms with van der Waals surface area (Å²) in [4.78, 5) is 14.0. The molecule has 0 atom stereocenters. The van der Waals surface area contributed by atoms with Crippen molar-refractivity contribution in [3.8, 4) is 0 Å². The minimum atomic E-state index is -0.318. The minimum absolute atomic E-state index is 0.318. The van der Waals surface area contributed by atoms with Gasteiger partial charge in [0.1, 0.15) is 0 Å². The summed E-state index contributed by atoms with van der Waals surface area (Å²) < 4.78 is 5.07. The van der Waals surface area contributed by atoms with Crippen LogP contribution in [0.25, 0.3) is 0 Å². The van der Waals surface area contributed by atoms with Crippen LogP contribution >= 0.6 is 11.8 Å². The number of hydrogen-bond donors (Lipinski definition) is 1. The van der Waals surface area contributed by atoms with Crippen LogP contribution < -0.4 is 10.6 Å². The predicted molar refractivity (Wildman–Crippen MR) is 83.1 cm³/mol. The van der Waals surface area contributed by atoms with Crippen molar-refractivity contribution in [1.29, 1.82) is 0 Å². The van der Waals surface area contributed by atoms with Gasteiger partial charge in [-0.15, -0.1) is 0 Å². The number of rotatable bonds is 7. The summed E-state index contributed by atoms with van der Waals surface area (Å²) in [6, 6.07) is 5.36. The van der Waals surface area contributed by atoms with Crippen LogP contribution in [-0.2, 0) is 4.74 Å². The molecule has 0 bridgehead atoms. The van der Waals surface area contributed by atoms with Crippen molar-refractivity contribution >= 4 is 29.1 Å². The summed E-state index contributed by atoms with van der Waals surface area (Å²) >= 11 is 1.82. The molecule has 2 N–H and O–H groups in total. The quantitative estimate of drug-likeness (QED) is 0.473. The fourth-order valence-corrected chi connectivity index (χ4v) is 2.24. The van der Waals surface area contributed by atoms with Gasteiger partial charge in [-0.2, -0.15) is 11.8 Å². The lowest BCUT2D eigenvalue weighted by Gasteiger charge is -2.22. The summed E-state index contributed by atoms with van der Waals surface area (Å²) in [6.07, 6.45) is 3.16. The first-order valence-electron chi connectivity index (χ1n) is 6.36. The fourth-order valence-electron chi connectivity index (χ4n) is 1.83. The van der Waals surface area contributed by atoms with Crippen molar-refractivity contribution in [3.63, 3.8) is 0 Å². The fraction of sp³-hybridized carbons (Fsp3) is 0.500.